The van der Waals surface area contributed by atoms with E-state index < -0.39 is 0 Å². The topological polar surface area (TPSA) is 42.2 Å². The van der Waals surface area contributed by atoms with E-state index in [0.717, 1.165) is 5.56 Å². The molecule has 14 heavy (non-hydrogen) atoms. The fraction of sp³-hybridized carbons (Fsp3) is 0.182. The highest BCUT2D eigenvalue weighted by Gasteiger charge is 2.19. The molecular formula is C11H9NO2. The highest BCUT2D eigenvalue weighted by Crippen LogP contribution is 2.17. The van der Waals surface area contributed by atoms with Crippen LogP contribution in [-0.2, 0) is 15.9 Å². The van der Waals surface area contributed by atoms with E-state index in [2.05, 4.69) is 0 Å². The fourth-order valence-corrected chi connectivity index (χ4v) is 1.28. The Morgan fingerprint density at radius 1 is 1.29 bits per heavy atom. The minimum Gasteiger partial charge on any atom is -0.457 e. The Hall–Kier alpha value is -1.95. The molecule has 70 valence electrons. The molecule has 1 heterocycles. The number of nitrogens with zero attached hydrogens (tertiary/aromatic N) is 1. The van der Waals surface area contributed by atoms with Gasteiger partial charge in [-0.1, -0.05) is 30.3 Å². The maximum atomic E-state index is 8.53. The van der Waals surface area contributed by atoms with Crippen molar-refractivity contribution >= 4 is 0 Å². The lowest BCUT2D eigenvalue weighted by Crippen LogP contribution is -2.11. The van der Waals surface area contributed by atoms with Crippen LogP contribution in [0.2, 0.25) is 0 Å². The molecule has 1 atom stereocenters. The summed E-state index contributed by atoms with van der Waals surface area (Å²) in [6, 6.07) is 11.8. The van der Waals surface area contributed by atoms with Crippen LogP contribution >= 0.6 is 0 Å². The van der Waals surface area contributed by atoms with Crippen LogP contribution in [0.3, 0.4) is 0 Å². The summed E-state index contributed by atoms with van der Waals surface area (Å²) in [6.45, 7) is 0. The zero-order chi connectivity index (χ0) is 9.80. The fourth-order valence-electron chi connectivity index (χ4n) is 1.28. The minimum absolute atomic E-state index is 0.242. The van der Waals surface area contributed by atoms with Gasteiger partial charge in [-0.15, -0.1) is 0 Å². The summed E-state index contributed by atoms with van der Waals surface area (Å²) in [5.41, 5.74) is 1.13. The molecule has 0 spiro atoms. The number of hydrogen-bond donors (Lipinski definition) is 0. The van der Waals surface area contributed by atoms with E-state index in [-0.39, 0.29) is 12.0 Å². The average molecular weight is 187 g/mol. The lowest BCUT2D eigenvalue weighted by molar-refractivity contribution is -0.0263. The first-order valence-corrected chi connectivity index (χ1v) is 4.35. The van der Waals surface area contributed by atoms with Gasteiger partial charge >= 0.3 is 0 Å². The molecule has 1 aromatic rings. The summed E-state index contributed by atoms with van der Waals surface area (Å²) in [6.07, 6.45) is 1.66. The van der Waals surface area contributed by atoms with E-state index in [1.807, 2.05) is 36.4 Å². The van der Waals surface area contributed by atoms with Gasteiger partial charge in [0.25, 0.3) is 0 Å². The van der Waals surface area contributed by atoms with E-state index >= 15 is 0 Å². The molecule has 3 nitrogen and oxygen atoms in total. The first kappa shape index (κ1) is 8.64. The van der Waals surface area contributed by atoms with Gasteiger partial charge in [0.05, 0.1) is 0 Å². The summed E-state index contributed by atoms with van der Waals surface area (Å²) < 4.78 is 10.3. The van der Waals surface area contributed by atoms with Crippen LogP contribution in [0.15, 0.2) is 42.4 Å². The molecule has 3 heteroatoms. The predicted molar refractivity (Wildman–Crippen MR) is 49.8 cm³/mol. The Morgan fingerprint density at radius 3 is 2.71 bits per heavy atom. The Morgan fingerprint density at radius 2 is 2.07 bits per heavy atom. The lowest BCUT2D eigenvalue weighted by Gasteiger charge is -2.09. The van der Waals surface area contributed by atoms with Gasteiger partial charge in [-0.3, -0.25) is 0 Å². The maximum Gasteiger partial charge on any atom is 0.245 e. The molecule has 0 saturated heterocycles. The Labute approximate surface area is 82.2 Å². The summed E-state index contributed by atoms with van der Waals surface area (Å²) in [4.78, 5) is 0. The zero-order valence-corrected chi connectivity index (χ0v) is 7.51. The third kappa shape index (κ3) is 1.86. The Bertz CT molecular complexity index is 378. The van der Waals surface area contributed by atoms with E-state index in [9.17, 15) is 0 Å². The summed E-state index contributed by atoms with van der Waals surface area (Å²) in [7, 11) is 0. The molecule has 2 rings (SSSR count). The molecule has 1 aliphatic rings. The highest BCUT2D eigenvalue weighted by molar-refractivity contribution is 5.17. The van der Waals surface area contributed by atoms with Crippen LogP contribution in [0, 0.1) is 11.3 Å². The molecule has 0 aromatic heterocycles. The molecular weight excluding hydrogens is 178 g/mol. The van der Waals surface area contributed by atoms with Crippen LogP contribution in [0.5, 0.6) is 0 Å². The summed E-state index contributed by atoms with van der Waals surface area (Å²) in [5.74, 6) is 0.242. The Balaban J connectivity index is 1.94. The molecule has 0 radical (unpaired) electrons. The second-order valence-corrected chi connectivity index (χ2v) is 2.97. The SMILES string of the molecule is N#CC1=COC(Cc2ccccc2)O1. The molecule has 0 aliphatic carbocycles. The highest BCUT2D eigenvalue weighted by atomic mass is 16.7. The van der Waals surface area contributed by atoms with Gasteiger partial charge in [-0.2, -0.15) is 5.26 Å². The van der Waals surface area contributed by atoms with Crippen molar-refractivity contribution in [1.82, 2.24) is 0 Å². The largest absolute Gasteiger partial charge is 0.457 e. The number of ether oxygens (including phenoxy) is 2. The summed E-state index contributed by atoms with van der Waals surface area (Å²) >= 11 is 0. The maximum absolute atomic E-state index is 8.53. The molecule has 0 fully saturated rings. The van der Waals surface area contributed by atoms with Crippen molar-refractivity contribution in [3.8, 4) is 6.07 Å². The average Bonchev–Trinajstić information content (AvgIpc) is 2.67. The van der Waals surface area contributed by atoms with Crippen molar-refractivity contribution in [2.24, 2.45) is 0 Å². The molecule has 1 aromatic carbocycles. The van der Waals surface area contributed by atoms with Crippen LogP contribution in [0.4, 0.5) is 0 Å². The third-order valence-corrected chi connectivity index (χ3v) is 1.94. The standard InChI is InChI=1S/C11H9NO2/c12-7-10-8-13-11(14-10)6-9-4-2-1-3-5-9/h1-5,8,11H,6H2. The molecule has 0 N–H and O–H groups in total. The first-order chi connectivity index (χ1) is 6.88. The van der Waals surface area contributed by atoms with Gasteiger partial charge in [0.15, 0.2) is 0 Å². The van der Waals surface area contributed by atoms with E-state index in [4.69, 9.17) is 14.7 Å². The van der Waals surface area contributed by atoms with Gasteiger partial charge in [0.1, 0.15) is 12.3 Å². The first-order valence-electron chi connectivity index (χ1n) is 4.35. The number of hydrogen-bond acceptors (Lipinski definition) is 3. The number of rotatable bonds is 2. The van der Waals surface area contributed by atoms with Gasteiger partial charge in [0.2, 0.25) is 12.0 Å². The summed E-state index contributed by atoms with van der Waals surface area (Å²) in [5, 5.41) is 8.53. The number of allylic oxidation sites excluding steroid dienone is 1. The van der Waals surface area contributed by atoms with Gasteiger partial charge in [-0.25, -0.2) is 0 Å². The van der Waals surface area contributed by atoms with Gasteiger partial charge in [-0.05, 0) is 5.56 Å². The smallest absolute Gasteiger partial charge is 0.245 e. The van der Waals surface area contributed by atoms with Crippen LogP contribution in [-0.4, -0.2) is 6.29 Å². The zero-order valence-electron chi connectivity index (χ0n) is 7.51. The molecule has 0 saturated carbocycles. The van der Waals surface area contributed by atoms with E-state index in [1.54, 1.807) is 0 Å². The van der Waals surface area contributed by atoms with E-state index in [1.165, 1.54) is 6.26 Å². The molecule has 1 aliphatic heterocycles. The predicted octanol–water partition coefficient (Wildman–Crippen LogP) is 1.97. The quantitative estimate of drug-likeness (QED) is 0.710. The monoisotopic (exact) mass is 187 g/mol. The molecule has 1 unspecified atom stereocenters. The number of nitriles is 1. The molecule has 0 bridgehead atoms. The van der Waals surface area contributed by atoms with Gasteiger partial charge < -0.3 is 9.47 Å². The second-order valence-electron chi connectivity index (χ2n) is 2.97. The molecule has 0 amide bonds. The third-order valence-electron chi connectivity index (χ3n) is 1.94. The van der Waals surface area contributed by atoms with Crippen LogP contribution < -0.4 is 0 Å². The normalized spacial score (nSPS) is 19.1. The van der Waals surface area contributed by atoms with Crippen LogP contribution in [0.1, 0.15) is 5.56 Å². The lowest BCUT2D eigenvalue weighted by atomic mass is 10.1. The van der Waals surface area contributed by atoms with Gasteiger partial charge in [0, 0.05) is 6.42 Å². The van der Waals surface area contributed by atoms with Crippen LogP contribution in [0.25, 0.3) is 0 Å². The van der Waals surface area contributed by atoms with Crippen molar-refractivity contribution in [3.63, 3.8) is 0 Å². The second kappa shape index (κ2) is 3.84. The van der Waals surface area contributed by atoms with Crippen molar-refractivity contribution in [2.45, 2.75) is 12.7 Å². The van der Waals surface area contributed by atoms with Crippen molar-refractivity contribution in [3.05, 3.63) is 47.9 Å². The number of benzene rings is 1. The minimum atomic E-state index is -0.355. The van der Waals surface area contributed by atoms with Crippen molar-refractivity contribution < 1.29 is 9.47 Å². The van der Waals surface area contributed by atoms with Crippen molar-refractivity contribution in [2.75, 3.05) is 0 Å². The van der Waals surface area contributed by atoms with Crippen molar-refractivity contribution in [1.29, 1.82) is 5.26 Å². The van der Waals surface area contributed by atoms with E-state index in [0.29, 0.717) is 6.42 Å². The Kier molecular flexibility index (Phi) is 2.37.